The number of carbonyl (C=O) groups excluding carboxylic acids is 2. The second kappa shape index (κ2) is 12.1. The minimum atomic E-state index is -0.684. The Balaban J connectivity index is 1.87. The standard InChI is InChI=1S/C27H29ClN2O3/c1-20(2)29-27(32)25(17-21-9-5-3-6-10-21)30(18-22-11-7-4-8-12-22)26(31)19-33-24-15-13-23(28)14-16-24/h3-16,20,25H,17-19H2,1-2H3,(H,29,32)/t25-/m0/s1. The molecule has 5 nitrogen and oxygen atoms in total. The lowest BCUT2D eigenvalue weighted by Crippen LogP contribution is -2.52. The fraction of sp³-hybridized carbons (Fsp3) is 0.259. The van der Waals surface area contributed by atoms with Crippen LogP contribution in [0.3, 0.4) is 0 Å². The van der Waals surface area contributed by atoms with E-state index < -0.39 is 6.04 Å². The number of benzene rings is 3. The summed E-state index contributed by atoms with van der Waals surface area (Å²) in [5.41, 5.74) is 1.92. The van der Waals surface area contributed by atoms with Gasteiger partial charge in [0.1, 0.15) is 11.8 Å². The van der Waals surface area contributed by atoms with E-state index in [2.05, 4.69) is 5.32 Å². The van der Waals surface area contributed by atoms with Gasteiger partial charge in [0.15, 0.2) is 6.61 Å². The molecule has 0 saturated heterocycles. The molecule has 0 aliphatic rings. The predicted octanol–water partition coefficient (Wildman–Crippen LogP) is 4.88. The maximum absolute atomic E-state index is 13.4. The van der Waals surface area contributed by atoms with Crippen LogP contribution in [-0.2, 0) is 22.6 Å². The van der Waals surface area contributed by atoms with E-state index in [0.717, 1.165) is 11.1 Å². The molecule has 0 aromatic heterocycles. The van der Waals surface area contributed by atoms with Gasteiger partial charge in [0.05, 0.1) is 0 Å². The van der Waals surface area contributed by atoms with Gasteiger partial charge in [-0.3, -0.25) is 9.59 Å². The summed E-state index contributed by atoms with van der Waals surface area (Å²) < 4.78 is 5.72. The number of carbonyl (C=O) groups is 2. The lowest BCUT2D eigenvalue weighted by atomic mass is 10.0. The summed E-state index contributed by atoms with van der Waals surface area (Å²) in [5, 5.41) is 3.57. The zero-order chi connectivity index (χ0) is 23.6. The zero-order valence-corrected chi connectivity index (χ0v) is 19.7. The lowest BCUT2D eigenvalue weighted by Gasteiger charge is -2.32. The van der Waals surface area contributed by atoms with Crippen molar-refractivity contribution < 1.29 is 14.3 Å². The molecular weight excluding hydrogens is 436 g/mol. The first kappa shape index (κ1) is 24.3. The van der Waals surface area contributed by atoms with E-state index in [-0.39, 0.29) is 24.5 Å². The highest BCUT2D eigenvalue weighted by molar-refractivity contribution is 6.30. The van der Waals surface area contributed by atoms with E-state index in [9.17, 15) is 9.59 Å². The molecule has 2 amide bonds. The van der Waals surface area contributed by atoms with Crippen LogP contribution in [0.25, 0.3) is 0 Å². The highest BCUT2D eigenvalue weighted by Crippen LogP contribution is 2.18. The Morgan fingerprint density at radius 3 is 2.03 bits per heavy atom. The quantitative estimate of drug-likeness (QED) is 0.465. The SMILES string of the molecule is CC(C)NC(=O)[C@H](Cc1ccccc1)N(Cc1ccccc1)C(=O)COc1ccc(Cl)cc1. The smallest absolute Gasteiger partial charge is 0.261 e. The third-order valence-electron chi connectivity index (χ3n) is 5.07. The first-order valence-corrected chi connectivity index (χ1v) is 11.4. The van der Waals surface area contributed by atoms with Crippen LogP contribution in [0.5, 0.6) is 5.75 Å². The maximum atomic E-state index is 13.4. The van der Waals surface area contributed by atoms with Crippen molar-refractivity contribution in [3.05, 3.63) is 101 Å². The number of ether oxygens (including phenoxy) is 1. The molecule has 172 valence electrons. The number of hydrogen-bond donors (Lipinski definition) is 1. The molecule has 0 aliphatic carbocycles. The van der Waals surface area contributed by atoms with E-state index in [1.54, 1.807) is 29.2 Å². The molecule has 0 bridgehead atoms. The van der Waals surface area contributed by atoms with Crippen LogP contribution < -0.4 is 10.1 Å². The summed E-state index contributed by atoms with van der Waals surface area (Å²) in [6.07, 6.45) is 0.402. The normalized spacial score (nSPS) is 11.6. The van der Waals surface area contributed by atoms with E-state index in [1.165, 1.54) is 0 Å². The molecule has 0 unspecified atom stereocenters. The molecule has 0 heterocycles. The fourth-order valence-corrected chi connectivity index (χ4v) is 3.60. The van der Waals surface area contributed by atoms with Crippen molar-refractivity contribution in [3.63, 3.8) is 0 Å². The summed E-state index contributed by atoms with van der Waals surface area (Å²) in [7, 11) is 0. The second-order valence-corrected chi connectivity index (χ2v) is 8.56. The molecule has 0 aliphatic heterocycles. The van der Waals surface area contributed by atoms with Gasteiger partial charge in [-0.15, -0.1) is 0 Å². The van der Waals surface area contributed by atoms with Crippen LogP contribution in [0.15, 0.2) is 84.9 Å². The van der Waals surface area contributed by atoms with Gasteiger partial charge in [0.2, 0.25) is 5.91 Å². The average Bonchev–Trinajstić information content (AvgIpc) is 2.81. The Hall–Kier alpha value is -3.31. The Kier molecular flexibility index (Phi) is 8.90. The topological polar surface area (TPSA) is 58.6 Å². The van der Waals surface area contributed by atoms with E-state index in [1.807, 2.05) is 74.5 Å². The zero-order valence-electron chi connectivity index (χ0n) is 18.9. The van der Waals surface area contributed by atoms with Gasteiger partial charge in [-0.2, -0.15) is 0 Å². The monoisotopic (exact) mass is 464 g/mol. The summed E-state index contributed by atoms with van der Waals surface area (Å²) in [6, 6.07) is 25.5. The molecule has 33 heavy (non-hydrogen) atoms. The van der Waals surface area contributed by atoms with Crippen LogP contribution in [0.1, 0.15) is 25.0 Å². The van der Waals surface area contributed by atoms with Crippen LogP contribution >= 0.6 is 11.6 Å². The molecular formula is C27H29ClN2O3. The summed E-state index contributed by atoms with van der Waals surface area (Å²) in [4.78, 5) is 28.3. The predicted molar refractivity (Wildman–Crippen MR) is 131 cm³/mol. The third kappa shape index (κ3) is 7.65. The highest BCUT2D eigenvalue weighted by atomic mass is 35.5. The van der Waals surface area contributed by atoms with Crippen molar-refractivity contribution in [1.29, 1.82) is 0 Å². The molecule has 0 saturated carbocycles. The van der Waals surface area contributed by atoms with Crippen molar-refractivity contribution in [1.82, 2.24) is 10.2 Å². The maximum Gasteiger partial charge on any atom is 0.261 e. The van der Waals surface area contributed by atoms with E-state index >= 15 is 0 Å². The summed E-state index contributed by atoms with van der Waals surface area (Å²) >= 11 is 5.93. The first-order chi connectivity index (χ1) is 15.9. The number of nitrogens with zero attached hydrogens (tertiary/aromatic N) is 1. The largest absolute Gasteiger partial charge is 0.484 e. The van der Waals surface area contributed by atoms with Crippen LogP contribution in [0.2, 0.25) is 5.02 Å². The minimum absolute atomic E-state index is 0.0465. The Morgan fingerprint density at radius 2 is 1.45 bits per heavy atom. The van der Waals surface area contributed by atoms with Crippen LogP contribution in [0, 0.1) is 0 Å². The van der Waals surface area contributed by atoms with Crippen LogP contribution in [-0.4, -0.2) is 35.4 Å². The molecule has 0 fully saturated rings. The molecule has 6 heteroatoms. The Bertz CT molecular complexity index is 1020. The molecule has 3 aromatic carbocycles. The van der Waals surface area contributed by atoms with Gasteiger partial charge >= 0.3 is 0 Å². The van der Waals surface area contributed by atoms with Crippen molar-refractivity contribution in [2.45, 2.75) is 38.9 Å². The van der Waals surface area contributed by atoms with Gasteiger partial charge < -0.3 is 15.0 Å². The van der Waals surface area contributed by atoms with Crippen molar-refractivity contribution in [3.8, 4) is 5.75 Å². The number of halogens is 1. The first-order valence-electron chi connectivity index (χ1n) is 11.0. The van der Waals surface area contributed by atoms with E-state index in [0.29, 0.717) is 23.7 Å². The second-order valence-electron chi connectivity index (χ2n) is 8.12. The molecule has 3 rings (SSSR count). The number of hydrogen-bond acceptors (Lipinski definition) is 3. The Morgan fingerprint density at radius 1 is 0.879 bits per heavy atom. The minimum Gasteiger partial charge on any atom is -0.484 e. The van der Waals surface area contributed by atoms with Gasteiger partial charge in [-0.25, -0.2) is 0 Å². The summed E-state index contributed by atoms with van der Waals surface area (Å²) in [5.74, 6) is 0.0805. The molecule has 1 atom stereocenters. The Labute approximate surface area is 200 Å². The van der Waals surface area contributed by atoms with Crippen molar-refractivity contribution in [2.24, 2.45) is 0 Å². The lowest BCUT2D eigenvalue weighted by molar-refractivity contribution is -0.143. The molecule has 0 spiro atoms. The molecule has 3 aromatic rings. The van der Waals surface area contributed by atoms with E-state index in [4.69, 9.17) is 16.3 Å². The fourth-order valence-electron chi connectivity index (χ4n) is 3.47. The van der Waals surface area contributed by atoms with Crippen LogP contribution in [0.4, 0.5) is 0 Å². The number of amides is 2. The average molecular weight is 465 g/mol. The van der Waals surface area contributed by atoms with Gasteiger partial charge in [0.25, 0.3) is 5.91 Å². The van der Waals surface area contributed by atoms with Gasteiger partial charge in [-0.1, -0.05) is 72.3 Å². The number of nitrogens with one attached hydrogen (secondary N) is 1. The number of rotatable bonds is 10. The van der Waals surface area contributed by atoms with Gasteiger partial charge in [-0.05, 0) is 49.2 Å². The van der Waals surface area contributed by atoms with Crippen molar-refractivity contribution in [2.75, 3.05) is 6.61 Å². The van der Waals surface area contributed by atoms with Gasteiger partial charge in [0, 0.05) is 24.0 Å². The molecule has 1 N–H and O–H groups in total. The third-order valence-corrected chi connectivity index (χ3v) is 5.33. The highest BCUT2D eigenvalue weighted by Gasteiger charge is 2.31. The molecule has 0 radical (unpaired) electrons. The van der Waals surface area contributed by atoms with Crippen molar-refractivity contribution >= 4 is 23.4 Å². The summed E-state index contributed by atoms with van der Waals surface area (Å²) in [6.45, 7) is 3.93.